The number of benzene rings is 1. The molecule has 0 N–H and O–H groups in total. The fourth-order valence-electron chi connectivity index (χ4n) is 1.41. The highest BCUT2D eigenvalue weighted by Crippen LogP contribution is 2.28. The first-order valence-corrected chi connectivity index (χ1v) is 5.61. The number of rotatable bonds is 2. The van der Waals surface area contributed by atoms with Gasteiger partial charge in [0.05, 0.1) is 5.02 Å². The zero-order valence-electron chi connectivity index (χ0n) is 8.32. The molecule has 82 valence electrons. The zero-order valence-corrected chi connectivity index (χ0v) is 10.7. The van der Waals surface area contributed by atoms with Crippen molar-refractivity contribution in [2.75, 3.05) is 0 Å². The molecule has 1 heterocycles. The maximum absolute atomic E-state index is 10.6. The molecule has 0 aliphatic heterocycles. The molecule has 0 aliphatic rings. The van der Waals surface area contributed by atoms with Gasteiger partial charge in [-0.05, 0) is 28.1 Å². The summed E-state index contributed by atoms with van der Waals surface area (Å²) in [6, 6.07) is 5.19. The van der Waals surface area contributed by atoms with Gasteiger partial charge in [-0.2, -0.15) is 0 Å². The molecular weight excluding hydrogens is 293 g/mol. The van der Waals surface area contributed by atoms with Gasteiger partial charge in [0.25, 0.3) is 0 Å². The summed E-state index contributed by atoms with van der Waals surface area (Å²) < 4.78 is 2.28. The number of aryl methyl sites for hydroxylation is 1. The smallest absolute Gasteiger partial charge is 0.156 e. The lowest BCUT2D eigenvalue weighted by atomic mass is 10.1. The molecule has 16 heavy (non-hydrogen) atoms. The van der Waals surface area contributed by atoms with Gasteiger partial charge in [0.1, 0.15) is 5.69 Å². The Hall–Kier alpha value is -1.20. The maximum atomic E-state index is 10.6. The van der Waals surface area contributed by atoms with Crippen molar-refractivity contribution in [3.8, 4) is 11.3 Å². The SMILES string of the molecule is Cn1nnc(Br)c1-c1ccc(C=O)c(Cl)c1. The first kappa shape index (κ1) is 11.3. The Balaban J connectivity index is 2.57. The quantitative estimate of drug-likeness (QED) is 0.801. The molecule has 1 aromatic carbocycles. The Bertz CT molecular complexity index is 533. The van der Waals surface area contributed by atoms with Gasteiger partial charge in [0.15, 0.2) is 10.9 Å². The molecule has 0 amide bonds. The molecule has 2 aromatic rings. The van der Waals surface area contributed by atoms with Gasteiger partial charge in [0, 0.05) is 18.2 Å². The summed E-state index contributed by atoms with van der Waals surface area (Å²) in [4.78, 5) is 10.6. The van der Waals surface area contributed by atoms with E-state index in [1.807, 2.05) is 0 Å². The van der Waals surface area contributed by atoms with Crippen LogP contribution in [0, 0.1) is 0 Å². The van der Waals surface area contributed by atoms with Crippen molar-refractivity contribution >= 4 is 33.8 Å². The monoisotopic (exact) mass is 299 g/mol. The van der Waals surface area contributed by atoms with Crippen LogP contribution >= 0.6 is 27.5 Å². The van der Waals surface area contributed by atoms with Gasteiger partial charge in [0.2, 0.25) is 0 Å². The van der Waals surface area contributed by atoms with Crippen LogP contribution in [-0.2, 0) is 7.05 Å². The zero-order chi connectivity index (χ0) is 11.7. The summed E-state index contributed by atoms with van der Waals surface area (Å²) in [5.74, 6) is 0. The first-order chi connectivity index (χ1) is 7.63. The van der Waals surface area contributed by atoms with Crippen molar-refractivity contribution < 1.29 is 4.79 Å². The second-order valence-electron chi connectivity index (χ2n) is 3.21. The van der Waals surface area contributed by atoms with E-state index in [1.54, 1.807) is 29.9 Å². The Morgan fingerprint density at radius 2 is 2.25 bits per heavy atom. The lowest BCUT2D eigenvalue weighted by Gasteiger charge is -2.03. The number of aldehydes is 1. The lowest BCUT2D eigenvalue weighted by Crippen LogP contribution is -1.94. The van der Waals surface area contributed by atoms with Crippen molar-refractivity contribution in [3.63, 3.8) is 0 Å². The van der Waals surface area contributed by atoms with Gasteiger partial charge >= 0.3 is 0 Å². The van der Waals surface area contributed by atoms with E-state index in [2.05, 4.69) is 26.2 Å². The molecular formula is C10H7BrClN3O. The Kier molecular flexibility index (Phi) is 3.07. The number of nitrogens with zero attached hydrogens (tertiary/aromatic N) is 3. The normalized spacial score (nSPS) is 10.4. The average Bonchev–Trinajstić information content (AvgIpc) is 2.58. The minimum Gasteiger partial charge on any atom is -0.298 e. The van der Waals surface area contributed by atoms with E-state index in [0.29, 0.717) is 15.2 Å². The number of hydrogen-bond donors (Lipinski definition) is 0. The van der Waals surface area contributed by atoms with Crippen molar-refractivity contribution in [2.45, 2.75) is 0 Å². The highest BCUT2D eigenvalue weighted by atomic mass is 79.9. The average molecular weight is 301 g/mol. The van der Waals surface area contributed by atoms with Crippen LogP contribution in [0.1, 0.15) is 10.4 Å². The Morgan fingerprint density at radius 1 is 1.50 bits per heavy atom. The highest BCUT2D eigenvalue weighted by molar-refractivity contribution is 9.10. The molecule has 4 nitrogen and oxygen atoms in total. The predicted octanol–water partition coefficient (Wildman–Crippen LogP) is 2.71. The third-order valence-corrected chi connectivity index (χ3v) is 3.05. The minimum atomic E-state index is 0.417. The molecule has 0 radical (unpaired) electrons. The fourth-order valence-corrected chi connectivity index (χ4v) is 2.19. The molecule has 0 aliphatic carbocycles. The summed E-state index contributed by atoms with van der Waals surface area (Å²) in [5.41, 5.74) is 2.14. The van der Waals surface area contributed by atoms with Crippen LogP contribution in [0.4, 0.5) is 0 Å². The predicted molar refractivity (Wildman–Crippen MR) is 64.5 cm³/mol. The standard InChI is InChI=1S/C10H7BrClN3O/c1-15-9(10(11)13-14-15)6-2-3-7(5-16)8(12)4-6/h2-5H,1H3. The first-order valence-electron chi connectivity index (χ1n) is 4.43. The third-order valence-electron chi connectivity index (χ3n) is 2.19. The van der Waals surface area contributed by atoms with Crippen molar-refractivity contribution in [2.24, 2.45) is 7.05 Å². The van der Waals surface area contributed by atoms with Crippen LogP contribution in [-0.4, -0.2) is 21.3 Å². The molecule has 0 fully saturated rings. The lowest BCUT2D eigenvalue weighted by molar-refractivity contribution is 0.112. The second-order valence-corrected chi connectivity index (χ2v) is 4.36. The van der Waals surface area contributed by atoms with E-state index in [4.69, 9.17) is 11.6 Å². The number of hydrogen-bond acceptors (Lipinski definition) is 3. The van der Waals surface area contributed by atoms with Crippen LogP contribution in [0.25, 0.3) is 11.3 Å². The molecule has 0 saturated heterocycles. The molecule has 6 heteroatoms. The number of halogens is 2. The third kappa shape index (κ3) is 1.88. The molecule has 1 aromatic heterocycles. The van der Waals surface area contributed by atoms with Crippen LogP contribution in [0.15, 0.2) is 22.8 Å². The van der Waals surface area contributed by atoms with Crippen LogP contribution in [0.3, 0.4) is 0 Å². The molecule has 0 unspecified atom stereocenters. The van der Waals surface area contributed by atoms with E-state index in [0.717, 1.165) is 17.5 Å². The largest absolute Gasteiger partial charge is 0.298 e. The second kappa shape index (κ2) is 4.35. The Labute approximate surface area is 105 Å². The van der Waals surface area contributed by atoms with Gasteiger partial charge in [-0.15, -0.1) is 5.10 Å². The topological polar surface area (TPSA) is 47.8 Å². The Morgan fingerprint density at radius 3 is 2.75 bits per heavy atom. The number of carbonyl (C=O) groups is 1. The fraction of sp³-hybridized carbons (Fsp3) is 0.100. The van der Waals surface area contributed by atoms with Crippen molar-refractivity contribution in [1.29, 1.82) is 0 Å². The summed E-state index contributed by atoms with van der Waals surface area (Å²) in [6.07, 6.45) is 0.725. The number of carbonyl (C=O) groups excluding carboxylic acids is 1. The summed E-state index contributed by atoms with van der Waals surface area (Å²) in [5, 5.41) is 8.17. The van der Waals surface area contributed by atoms with Crippen molar-refractivity contribution in [1.82, 2.24) is 15.0 Å². The summed E-state index contributed by atoms with van der Waals surface area (Å²) >= 11 is 9.26. The highest BCUT2D eigenvalue weighted by Gasteiger charge is 2.11. The van der Waals surface area contributed by atoms with E-state index in [-0.39, 0.29) is 0 Å². The van der Waals surface area contributed by atoms with Crippen LogP contribution in [0.5, 0.6) is 0 Å². The minimum absolute atomic E-state index is 0.417. The van der Waals surface area contributed by atoms with Gasteiger partial charge in [-0.1, -0.05) is 22.9 Å². The van der Waals surface area contributed by atoms with E-state index in [9.17, 15) is 4.79 Å². The molecule has 0 saturated carbocycles. The molecule has 2 rings (SSSR count). The molecule has 0 bridgehead atoms. The maximum Gasteiger partial charge on any atom is 0.156 e. The van der Waals surface area contributed by atoms with Crippen molar-refractivity contribution in [3.05, 3.63) is 33.4 Å². The summed E-state index contributed by atoms with van der Waals surface area (Å²) in [7, 11) is 1.79. The number of aromatic nitrogens is 3. The van der Waals surface area contributed by atoms with Gasteiger partial charge in [-0.25, -0.2) is 4.68 Å². The molecule has 0 spiro atoms. The summed E-state index contributed by atoms with van der Waals surface area (Å²) in [6.45, 7) is 0. The van der Waals surface area contributed by atoms with Crippen LogP contribution in [0.2, 0.25) is 5.02 Å². The van der Waals surface area contributed by atoms with Gasteiger partial charge in [-0.3, -0.25) is 4.79 Å². The van der Waals surface area contributed by atoms with Gasteiger partial charge < -0.3 is 0 Å². The molecule has 0 atom stereocenters. The van der Waals surface area contributed by atoms with E-state index >= 15 is 0 Å². The van der Waals surface area contributed by atoms with Crippen LogP contribution < -0.4 is 0 Å². The van der Waals surface area contributed by atoms with E-state index in [1.165, 1.54) is 0 Å². The van der Waals surface area contributed by atoms with E-state index < -0.39 is 0 Å².